The van der Waals surface area contributed by atoms with Gasteiger partial charge in [-0.1, -0.05) is 0 Å². The molecule has 0 aliphatic carbocycles. The van der Waals surface area contributed by atoms with Crippen LogP contribution in [0.2, 0.25) is 0 Å². The summed E-state index contributed by atoms with van der Waals surface area (Å²) in [4.78, 5) is 7.04. The van der Waals surface area contributed by atoms with Crippen molar-refractivity contribution in [2.24, 2.45) is 0 Å². The molecule has 0 aliphatic rings. The van der Waals surface area contributed by atoms with Crippen LogP contribution in [0.4, 0.5) is 5.69 Å². The fraction of sp³-hybridized carbons (Fsp3) is 0.154. The minimum Gasteiger partial charge on any atom is -0.423 e. The van der Waals surface area contributed by atoms with Crippen molar-refractivity contribution in [3.63, 3.8) is 0 Å². The van der Waals surface area contributed by atoms with E-state index in [4.69, 9.17) is 4.42 Å². The van der Waals surface area contributed by atoms with Gasteiger partial charge in [-0.2, -0.15) is 0 Å². The van der Waals surface area contributed by atoms with Crippen molar-refractivity contribution >= 4 is 5.69 Å². The topological polar surface area (TPSA) is 79.6 Å². The number of aromatic amines is 1. The van der Waals surface area contributed by atoms with E-state index >= 15 is 0 Å². The molecule has 6 nitrogen and oxygen atoms in total. The number of H-pyrrole nitrogens is 1. The highest BCUT2D eigenvalue weighted by Gasteiger charge is 2.06. The zero-order valence-corrected chi connectivity index (χ0v) is 10.4. The number of aromatic nitrogens is 4. The number of anilines is 1. The van der Waals surface area contributed by atoms with Crippen LogP contribution in [0.25, 0.3) is 11.5 Å². The standard InChI is InChI=1S/C13H13N5O/c1-9-4-10(13-18-17-8-19-13)2-3-12(9)15-6-11-5-14-7-16-11/h2-5,7-8,15H,6H2,1H3,(H,14,16). The molecule has 0 saturated heterocycles. The number of imidazole rings is 1. The molecule has 0 radical (unpaired) electrons. The number of hydrogen-bond acceptors (Lipinski definition) is 5. The molecule has 0 spiro atoms. The van der Waals surface area contributed by atoms with Crippen LogP contribution < -0.4 is 5.32 Å². The van der Waals surface area contributed by atoms with Gasteiger partial charge in [-0.15, -0.1) is 10.2 Å². The largest absolute Gasteiger partial charge is 0.423 e. The summed E-state index contributed by atoms with van der Waals surface area (Å²) in [6.07, 6.45) is 4.80. The molecule has 3 rings (SSSR count). The number of rotatable bonds is 4. The monoisotopic (exact) mass is 255 g/mol. The van der Waals surface area contributed by atoms with Gasteiger partial charge < -0.3 is 14.7 Å². The number of nitrogens with zero attached hydrogens (tertiary/aromatic N) is 3. The molecule has 0 unspecified atom stereocenters. The third kappa shape index (κ3) is 2.47. The van der Waals surface area contributed by atoms with Gasteiger partial charge in [0.25, 0.3) is 0 Å². The Hall–Kier alpha value is -2.63. The van der Waals surface area contributed by atoms with Gasteiger partial charge in [-0.3, -0.25) is 0 Å². The highest BCUT2D eigenvalue weighted by molar-refractivity contribution is 5.62. The van der Waals surface area contributed by atoms with E-state index in [1.54, 1.807) is 12.5 Å². The molecule has 2 aromatic heterocycles. The van der Waals surface area contributed by atoms with Gasteiger partial charge >= 0.3 is 0 Å². The average molecular weight is 255 g/mol. The predicted molar refractivity (Wildman–Crippen MR) is 70.4 cm³/mol. The van der Waals surface area contributed by atoms with Crippen LogP contribution in [-0.2, 0) is 6.54 Å². The molecule has 0 bridgehead atoms. The molecule has 1 aromatic carbocycles. The molecule has 2 N–H and O–H groups in total. The maximum Gasteiger partial charge on any atom is 0.247 e. The lowest BCUT2D eigenvalue weighted by molar-refractivity contribution is 0.568. The summed E-state index contributed by atoms with van der Waals surface area (Å²) in [5, 5.41) is 10.9. The van der Waals surface area contributed by atoms with Gasteiger partial charge in [-0.25, -0.2) is 4.98 Å². The molecule has 0 aliphatic heterocycles. The first-order valence-corrected chi connectivity index (χ1v) is 5.91. The van der Waals surface area contributed by atoms with Gasteiger partial charge in [0.15, 0.2) is 0 Å². The van der Waals surface area contributed by atoms with Crippen LogP contribution in [0.5, 0.6) is 0 Å². The number of hydrogen-bond donors (Lipinski definition) is 2. The molecule has 0 fully saturated rings. The SMILES string of the molecule is Cc1cc(-c2nnco2)ccc1NCc1cnc[nH]1. The van der Waals surface area contributed by atoms with Gasteiger partial charge in [0, 0.05) is 17.4 Å². The minimum absolute atomic E-state index is 0.531. The molecule has 0 atom stereocenters. The summed E-state index contributed by atoms with van der Waals surface area (Å²) in [6.45, 7) is 2.75. The minimum atomic E-state index is 0.531. The molecular weight excluding hydrogens is 242 g/mol. The predicted octanol–water partition coefficient (Wildman–Crippen LogP) is 2.38. The van der Waals surface area contributed by atoms with Crippen molar-refractivity contribution < 1.29 is 4.42 Å². The van der Waals surface area contributed by atoms with Crippen molar-refractivity contribution in [2.75, 3.05) is 5.32 Å². The molecule has 3 aromatic rings. The molecule has 19 heavy (non-hydrogen) atoms. The zero-order valence-electron chi connectivity index (χ0n) is 10.4. The van der Waals surface area contributed by atoms with Gasteiger partial charge in [-0.05, 0) is 30.7 Å². The van der Waals surface area contributed by atoms with E-state index in [0.717, 1.165) is 22.5 Å². The Kier molecular flexibility index (Phi) is 2.97. The highest BCUT2D eigenvalue weighted by atomic mass is 16.4. The Morgan fingerprint density at radius 2 is 2.32 bits per heavy atom. The van der Waals surface area contributed by atoms with Crippen LogP contribution >= 0.6 is 0 Å². The quantitative estimate of drug-likeness (QED) is 0.748. The second-order valence-corrected chi connectivity index (χ2v) is 4.20. The maximum absolute atomic E-state index is 5.18. The second kappa shape index (κ2) is 4.93. The summed E-state index contributed by atoms with van der Waals surface area (Å²) in [7, 11) is 0. The molecule has 6 heteroatoms. The molecule has 0 saturated carbocycles. The Morgan fingerprint density at radius 1 is 1.37 bits per heavy atom. The van der Waals surface area contributed by atoms with Crippen molar-refractivity contribution in [3.8, 4) is 11.5 Å². The zero-order chi connectivity index (χ0) is 13.1. The Bertz CT molecular complexity index is 646. The van der Waals surface area contributed by atoms with Crippen molar-refractivity contribution in [1.82, 2.24) is 20.2 Å². The van der Waals surface area contributed by atoms with Crippen molar-refractivity contribution in [1.29, 1.82) is 0 Å². The normalized spacial score (nSPS) is 10.6. The van der Waals surface area contributed by atoms with E-state index in [0.29, 0.717) is 12.4 Å². The van der Waals surface area contributed by atoms with Crippen LogP contribution in [0.1, 0.15) is 11.3 Å². The van der Waals surface area contributed by atoms with E-state index in [2.05, 4.69) is 25.5 Å². The van der Waals surface area contributed by atoms with Crippen LogP contribution in [0.15, 0.2) is 41.5 Å². The third-order valence-electron chi connectivity index (χ3n) is 2.86. The molecule has 0 amide bonds. The van der Waals surface area contributed by atoms with Crippen molar-refractivity contribution in [2.45, 2.75) is 13.5 Å². The Labute approximate surface area is 109 Å². The molecule has 96 valence electrons. The van der Waals surface area contributed by atoms with Gasteiger partial charge in [0.2, 0.25) is 12.3 Å². The van der Waals surface area contributed by atoms with E-state index in [9.17, 15) is 0 Å². The second-order valence-electron chi connectivity index (χ2n) is 4.20. The maximum atomic E-state index is 5.18. The summed E-state index contributed by atoms with van der Waals surface area (Å²) >= 11 is 0. The smallest absolute Gasteiger partial charge is 0.247 e. The fourth-order valence-electron chi connectivity index (χ4n) is 1.87. The first-order chi connectivity index (χ1) is 9.33. The van der Waals surface area contributed by atoms with Crippen molar-refractivity contribution in [3.05, 3.63) is 48.4 Å². The lowest BCUT2D eigenvalue weighted by Crippen LogP contribution is -2.01. The van der Waals surface area contributed by atoms with E-state index < -0.39 is 0 Å². The van der Waals surface area contributed by atoms with Crippen LogP contribution in [0, 0.1) is 6.92 Å². The summed E-state index contributed by atoms with van der Waals surface area (Å²) in [6, 6.07) is 5.98. The Morgan fingerprint density at radius 3 is 3.00 bits per heavy atom. The van der Waals surface area contributed by atoms with Gasteiger partial charge in [0.1, 0.15) is 0 Å². The van der Waals surface area contributed by atoms with Crippen LogP contribution in [0.3, 0.4) is 0 Å². The summed E-state index contributed by atoms with van der Waals surface area (Å²) in [5.41, 5.74) is 4.15. The highest BCUT2D eigenvalue weighted by Crippen LogP contribution is 2.23. The number of benzene rings is 1. The first kappa shape index (κ1) is 11.5. The molecular formula is C13H13N5O. The van der Waals surface area contributed by atoms with E-state index in [-0.39, 0.29) is 0 Å². The molecule has 2 heterocycles. The van der Waals surface area contributed by atoms with Gasteiger partial charge in [0.05, 0.1) is 18.6 Å². The summed E-state index contributed by atoms with van der Waals surface area (Å²) in [5.74, 6) is 0.531. The first-order valence-electron chi connectivity index (χ1n) is 5.91. The lowest BCUT2D eigenvalue weighted by Gasteiger charge is -2.09. The fourth-order valence-corrected chi connectivity index (χ4v) is 1.87. The number of nitrogens with one attached hydrogen (secondary N) is 2. The average Bonchev–Trinajstić information content (AvgIpc) is 3.10. The van der Waals surface area contributed by atoms with E-state index in [1.807, 2.05) is 25.1 Å². The lowest BCUT2D eigenvalue weighted by atomic mass is 10.1. The Balaban J connectivity index is 1.76. The van der Waals surface area contributed by atoms with E-state index in [1.165, 1.54) is 6.39 Å². The van der Waals surface area contributed by atoms with Crippen LogP contribution in [-0.4, -0.2) is 20.2 Å². The summed E-state index contributed by atoms with van der Waals surface area (Å²) < 4.78 is 5.18. The number of aryl methyl sites for hydroxylation is 1. The third-order valence-corrected chi connectivity index (χ3v) is 2.86.